The lowest BCUT2D eigenvalue weighted by Crippen LogP contribution is -2.21. The fourth-order valence-corrected chi connectivity index (χ4v) is 4.10. The van der Waals surface area contributed by atoms with E-state index in [1.807, 2.05) is 0 Å². The minimum atomic E-state index is -0.966. The van der Waals surface area contributed by atoms with Crippen LogP contribution in [0, 0.1) is 0 Å². The molecule has 2 N–H and O–H groups in total. The Balaban J connectivity index is 4.00. The largest absolute Gasteiger partial charge is 0.512 e. The van der Waals surface area contributed by atoms with Crippen molar-refractivity contribution in [3.05, 3.63) is 11.8 Å². The van der Waals surface area contributed by atoms with E-state index in [1.165, 1.54) is 77.0 Å². The van der Waals surface area contributed by atoms with Gasteiger partial charge in [-0.3, -0.25) is 4.79 Å². The van der Waals surface area contributed by atoms with Crippen LogP contribution in [-0.2, 0) is 14.3 Å². The molecule has 33 heavy (non-hydrogen) atoms. The lowest BCUT2D eigenvalue weighted by molar-refractivity contribution is -0.148. The highest BCUT2D eigenvalue weighted by molar-refractivity contribution is 5.82. The summed E-state index contributed by atoms with van der Waals surface area (Å²) >= 11 is 0. The molecule has 0 fully saturated rings. The number of carbonyl (C=O) groups is 2. The van der Waals surface area contributed by atoms with Crippen LogP contribution in [0.1, 0.15) is 149 Å². The highest BCUT2D eigenvalue weighted by atomic mass is 16.5. The third kappa shape index (κ3) is 23.4. The number of hydrogen-bond acceptors (Lipinski definition) is 4. The maximum atomic E-state index is 12.1. The number of carboxylic acid groups (broad SMARTS) is 1. The summed E-state index contributed by atoms with van der Waals surface area (Å²) in [7, 11) is 0. The first-order valence-corrected chi connectivity index (χ1v) is 13.8. The first kappa shape index (κ1) is 31.5. The SMILES string of the molecule is CCCCCCCCCCCC(O)=CC(=O)OC(CCCCCCCCCCC)CC(=O)O. The summed E-state index contributed by atoms with van der Waals surface area (Å²) in [6, 6.07) is 0. The van der Waals surface area contributed by atoms with Crippen molar-refractivity contribution in [2.75, 3.05) is 0 Å². The van der Waals surface area contributed by atoms with E-state index in [0.29, 0.717) is 12.8 Å². The molecule has 0 saturated carbocycles. The number of rotatable bonds is 24. The molecule has 0 aliphatic rings. The van der Waals surface area contributed by atoms with Gasteiger partial charge < -0.3 is 14.9 Å². The number of carbonyl (C=O) groups excluding carboxylic acids is 1. The molecule has 5 heteroatoms. The van der Waals surface area contributed by atoms with Crippen LogP contribution >= 0.6 is 0 Å². The zero-order valence-corrected chi connectivity index (χ0v) is 21.6. The monoisotopic (exact) mass is 468 g/mol. The van der Waals surface area contributed by atoms with E-state index < -0.39 is 18.0 Å². The molecule has 194 valence electrons. The van der Waals surface area contributed by atoms with Crippen molar-refractivity contribution >= 4 is 11.9 Å². The molecule has 0 spiro atoms. The van der Waals surface area contributed by atoms with E-state index in [1.54, 1.807) is 0 Å². The number of aliphatic hydroxyl groups excluding tert-OH is 1. The van der Waals surface area contributed by atoms with Gasteiger partial charge in [-0.1, -0.05) is 117 Å². The Bertz CT molecular complexity index is 501. The van der Waals surface area contributed by atoms with Crippen molar-refractivity contribution in [3.63, 3.8) is 0 Å². The van der Waals surface area contributed by atoms with E-state index in [2.05, 4.69) is 13.8 Å². The predicted molar refractivity (Wildman–Crippen MR) is 137 cm³/mol. The van der Waals surface area contributed by atoms with Gasteiger partial charge in [0.1, 0.15) is 6.10 Å². The van der Waals surface area contributed by atoms with Gasteiger partial charge in [0.25, 0.3) is 0 Å². The standard InChI is InChI=1S/C28H52O5/c1-3-5-7-9-11-13-15-17-19-21-25(29)23-28(32)33-26(24-27(30)31)22-20-18-16-14-12-10-8-6-4-2/h23,26,29H,3-22,24H2,1-2H3,(H,30,31). The van der Waals surface area contributed by atoms with Crippen LogP contribution in [0.4, 0.5) is 0 Å². The molecule has 0 radical (unpaired) electrons. The molecular formula is C28H52O5. The number of unbranched alkanes of at least 4 members (excludes halogenated alkanes) is 16. The number of carboxylic acids is 1. The number of hydrogen-bond donors (Lipinski definition) is 2. The average Bonchev–Trinajstić information content (AvgIpc) is 2.76. The van der Waals surface area contributed by atoms with E-state index in [0.717, 1.165) is 44.6 Å². The van der Waals surface area contributed by atoms with Crippen molar-refractivity contribution < 1.29 is 24.5 Å². The second-order valence-electron chi connectivity index (χ2n) is 9.49. The van der Waals surface area contributed by atoms with Gasteiger partial charge in [-0.2, -0.15) is 0 Å². The fourth-order valence-electron chi connectivity index (χ4n) is 4.10. The summed E-state index contributed by atoms with van der Waals surface area (Å²) in [6.07, 6.45) is 22.8. The number of aliphatic hydroxyl groups is 1. The summed E-state index contributed by atoms with van der Waals surface area (Å²) in [4.78, 5) is 23.2. The van der Waals surface area contributed by atoms with E-state index in [9.17, 15) is 14.7 Å². The van der Waals surface area contributed by atoms with Gasteiger partial charge in [-0.05, 0) is 19.3 Å². The Labute approximate surface area is 203 Å². The molecule has 0 rings (SSSR count). The van der Waals surface area contributed by atoms with Crippen LogP contribution in [-0.4, -0.2) is 28.3 Å². The average molecular weight is 469 g/mol. The smallest absolute Gasteiger partial charge is 0.334 e. The van der Waals surface area contributed by atoms with Gasteiger partial charge in [-0.15, -0.1) is 0 Å². The number of aliphatic carboxylic acids is 1. The third-order valence-electron chi connectivity index (χ3n) is 6.14. The van der Waals surface area contributed by atoms with Crippen LogP contribution in [0.25, 0.3) is 0 Å². The van der Waals surface area contributed by atoms with Crippen LogP contribution in [0.2, 0.25) is 0 Å². The van der Waals surface area contributed by atoms with Gasteiger partial charge in [0, 0.05) is 6.42 Å². The van der Waals surface area contributed by atoms with Crippen molar-refractivity contribution in [1.82, 2.24) is 0 Å². The summed E-state index contributed by atoms with van der Waals surface area (Å²) < 4.78 is 5.34. The van der Waals surface area contributed by atoms with Crippen molar-refractivity contribution in [2.45, 2.75) is 155 Å². The molecule has 0 bridgehead atoms. The topological polar surface area (TPSA) is 83.8 Å². The zero-order valence-electron chi connectivity index (χ0n) is 21.6. The minimum Gasteiger partial charge on any atom is -0.512 e. The molecule has 0 aliphatic heterocycles. The third-order valence-corrected chi connectivity index (χ3v) is 6.14. The maximum Gasteiger partial charge on any atom is 0.334 e. The molecule has 0 aromatic rings. The Hall–Kier alpha value is -1.52. The van der Waals surface area contributed by atoms with Gasteiger partial charge in [0.2, 0.25) is 0 Å². The van der Waals surface area contributed by atoms with Gasteiger partial charge in [-0.25, -0.2) is 4.79 Å². The molecule has 5 nitrogen and oxygen atoms in total. The van der Waals surface area contributed by atoms with Crippen LogP contribution < -0.4 is 0 Å². The number of allylic oxidation sites excluding steroid dienone is 1. The molecule has 1 unspecified atom stereocenters. The summed E-state index contributed by atoms with van der Waals surface area (Å²) in [5, 5.41) is 19.1. The Morgan fingerprint density at radius 1 is 0.667 bits per heavy atom. The van der Waals surface area contributed by atoms with Crippen LogP contribution in [0.5, 0.6) is 0 Å². The van der Waals surface area contributed by atoms with Crippen molar-refractivity contribution in [2.24, 2.45) is 0 Å². The second-order valence-corrected chi connectivity index (χ2v) is 9.49. The van der Waals surface area contributed by atoms with Crippen molar-refractivity contribution in [1.29, 1.82) is 0 Å². The summed E-state index contributed by atoms with van der Waals surface area (Å²) in [6.45, 7) is 4.44. The molecule has 0 aromatic carbocycles. The van der Waals surface area contributed by atoms with Crippen LogP contribution in [0.3, 0.4) is 0 Å². The number of ether oxygens (including phenoxy) is 1. The Morgan fingerprint density at radius 3 is 1.55 bits per heavy atom. The number of esters is 1. The van der Waals surface area contributed by atoms with E-state index >= 15 is 0 Å². The molecule has 0 heterocycles. The maximum absolute atomic E-state index is 12.1. The van der Waals surface area contributed by atoms with E-state index in [4.69, 9.17) is 9.84 Å². The van der Waals surface area contributed by atoms with Gasteiger partial charge in [0.15, 0.2) is 0 Å². The molecule has 0 amide bonds. The van der Waals surface area contributed by atoms with Crippen LogP contribution in [0.15, 0.2) is 11.8 Å². The lowest BCUT2D eigenvalue weighted by atomic mass is 10.0. The predicted octanol–water partition coefficient (Wildman–Crippen LogP) is 8.66. The minimum absolute atomic E-state index is 0.0279. The van der Waals surface area contributed by atoms with Crippen molar-refractivity contribution in [3.8, 4) is 0 Å². The molecule has 0 saturated heterocycles. The first-order chi connectivity index (χ1) is 16.0. The molecular weight excluding hydrogens is 416 g/mol. The molecule has 0 aromatic heterocycles. The molecule has 1 atom stereocenters. The quantitative estimate of drug-likeness (QED) is 0.0640. The summed E-state index contributed by atoms with van der Waals surface area (Å²) in [5.74, 6) is -1.57. The van der Waals surface area contributed by atoms with Gasteiger partial charge >= 0.3 is 11.9 Å². The van der Waals surface area contributed by atoms with E-state index in [-0.39, 0.29) is 12.2 Å². The first-order valence-electron chi connectivity index (χ1n) is 13.8. The highest BCUT2D eigenvalue weighted by Gasteiger charge is 2.17. The zero-order chi connectivity index (χ0) is 24.6. The lowest BCUT2D eigenvalue weighted by Gasteiger charge is -2.15. The second kappa shape index (κ2) is 23.6. The Kier molecular flexibility index (Phi) is 22.5. The normalized spacial score (nSPS) is 12.6. The fraction of sp³-hybridized carbons (Fsp3) is 0.857. The highest BCUT2D eigenvalue weighted by Crippen LogP contribution is 2.16. The Morgan fingerprint density at radius 2 is 1.09 bits per heavy atom. The summed E-state index contributed by atoms with van der Waals surface area (Å²) in [5.41, 5.74) is 0. The molecule has 0 aliphatic carbocycles. The van der Waals surface area contributed by atoms with Gasteiger partial charge in [0.05, 0.1) is 18.3 Å².